The number of hydrogen-bond donors (Lipinski definition) is 0. The molecule has 2 rings (SSSR count). The number of para-hydroxylation sites is 1. The van der Waals surface area contributed by atoms with Gasteiger partial charge in [-0.1, -0.05) is 25.1 Å². The van der Waals surface area contributed by atoms with Crippen LogP contribution in [0, 0.1) is 0 Å². The van der Waals surface area contributed by atoms with Gasteiger partial charge in [-0.3, -0.25) is 0 Å². The van der Waals surface area contributed by atoms with Crippen LogP contribution < -0.4 is 4.74 Å². The van der Waals surface area contributed by atoms with Crippen LogP contribution in [0.1, 0.15) is 25.8 Å². The first-order chi connectivity index (χ1) is 6.31. The van der Waals surface area contributed by atoms with E-state index in [1.165, 1.54) is 11.1 Å². The van der Waals surface area contributed by atoms with E-state index in [0.717, 1.165) is 12.2 Å². The molecular weight excluding hydrogens is 160 g/mol. The van der Waals surface area contributed by atoms with Crippen LogP contribution in [-0.4, -0.2) is 6.10 Å². The van der Waals surface area contributed by atoms with E-state index in [1.54, 1.807) is 0 Å². The molecule has 0 amide bonds. The summed E-state index contributed by atoms with van der Waals surface area (Å²) in [5.74, 6) is 1.01. The topological polar surface area (TPSA) is 9.23 Å². The molecule has 1 heterocycles. The van der Waals surface area contributed by atoms with Crippen molar-refractivity contribution in [3.63, 3.8) is 0 Å². The average Bonchev–Trinajstić information content (AvgIpc) is 2.17. The van der Waals surface area contributed by atoms with E-state index in [-0.39, 0.29) is 6.10 Å². The van der Waals surface area contributed by atoms with Gasteiger partial charge in [0.2, 0.25) is 0 Å². The lowest BCUT2D eigenvalue weighted by atomic mass is 10.0. The molecule has 0 radical (unpaired) electrons. The molecule has 0 unspecified atom stereocenters. The number of ether oxygens (including phenoxy) is 1. The van der Waals surface area contributed by atoms with Crippen molar-refractivity contribution in [3.8, 4) is 5.75 Å². The summed E-state index contributed by atoms with van der Waals surface area (Å²) in [4.78, 5) is 0. The van der Waals surface area contributed by atoms with E-state index in [4.69, 9.17) is 4.74 Å². The Morgan fingerprint density at radius 1 is 1.31 bits per heavy atom. The third-order valence-electron chi connectivity index (χ3n) is 2.49. The van der Waals surface area contributed by atoms with Crippen LogP contribution in [0.2, 0.25) is 0 Å². The van der Waals surface area contributed by atoms with Gasteiger partial charge in [0.1, 0.15) is 11.9 Å². The van der Waals surface area contributed by atoms with Crippen LogP contribution in [0.5, 0.6) is 5.75 Å². The van der Waals surface area contributed by atoms with Gasteiger partial charge in [0, 0.05) is 5.56 Å². The van der Waals surface area contributed by atoms with Gasteiger partial charge in [0.25, 0.3) is 0 Å². The third-order valence-corrected chi connectivity index (χ3v) is 2.49. The van der Waals surface area contributed by atoms with Crippen molar-refractivity contribution in [2.45, 2.75) is 26.4 Å². The summed E-state index contributed by atoms with van der Waals surface area (Å²) in [6.45, 7) is 4.27. The molecule has 1 aliphatic heterocycles. The first-order valence-electron chi connectivity index (χ1n) is 4.77. The summed E-state index contributed by atoms with van der Waals surface area (Å²) >= 11 is 0. The molecule has 1 atom stereocenters. The Morgan fingerprint density at radius 2 is 2.08 bits per heavy atom. The van der Waals surface area contributed by atoms with E-state index < -0.39 is 0 Å². The van der Waals surface area contributed by atoms with Gasteiger partial charge >= 0.3 is 0 Å². The van der Waals surface area contributed by atoms with E-state index in [9.17, 15) is 0 Å². The van der Waals surface area contributed by atoms with E-state index in [1.807, 2.05) is 18.2 Å². The minimum Gasteiger partial charge on any atom is -0.486 e. The second-order valence-electron chi connectivity index (χ2n) is 3.37. The molecular formula is C12H14O. The molecule has 0 N–H and O–H groups in total. The SMILES string of the molecule is CCC1=Cc2ccccc2O[C@H]1C. The van der Waals surface area contributed by atoms with Gasteiger partial charge in [-0.25, -0.2) is 0 Å². The lowest BCUT2D eigenvalue weighted by Crippen LogP contribution is -2.18. The fourth-order valence-corrected chi connectivity index (χ4v) is 1.68. The normalized spacial score (nSPS) is 20.2. The first-order valence-corrected chi connectivity index (χ1v) is 4.77. The van der Waals surface area contributed by atoms with Crippen LogP contribution in [0.15, 0.2) is 29.8 Å². The van der Waals surface area contributed by atoms with Crippen LogP contribution in [0.25, 0.3) is 6.08 Å². The zero-order valence-corrected chi connectivity index (χ0v) is 8.08. The van der Waals surface area contributed by atoms with E-state index in [2.05, 4.69) is 26.0 Å². The highest BCUT2D eigenvalue weighted by Crippen LogP contribution is 2.30. The summed E-state index contributed by atoms with van der Waals surface area (Å²) < 4.78 is 5.77. The van der Waals surface area contributed by atoms with E-state index >= 15 is 0 Å². The highest BCUT2D eigenvalue weighted by molar-refractivity contribution is 5.62. The smallest absolute Gasteiger partial charge is 0.127 e. The Morgan fingerprint density at radius 3 is 2.85 bits per heavy atom. The zero-order chi connectivity index (χ0) is 9.26. The zero-order valence-electron chi connectivity index (χ0n) is 8.08. The third kappa shape index (κ3) is 1.46. The fourth-order valence-electron chi connectivity index (χ4n) is 1.68. The maximum absolute atomic E-state index is 5.77. The molecule has 1 aromatic carbocycles. The second kappa shape index (κ2) is 3.25. The van der Waals surface area contributed by atoms with Gasteiger partial charge in [-0.15, -0.1) is 0 Å². The Bertz CT molecular complexity index is 339. The van der Waals surface area contributed by atoms with Crippen LogP contribution in [0.4, 0.5) is 0 Å². The van der Waals surface area contributed by atoms with Crippen molar-refractivity contribution in [2.24, 2.45) is 0 Å². The summed E-state index contributed by atoms with van der Waals surface area (Å²) in [6, 6.07) is 8.17. The van der Waals surface area contributed by atoms with Crippen molar-refractivity contribution in [3.05, 3.63) is 35.4 Å². The molecule has 0 aromatic heterocycles. The molecule has 68 valence electrons. The van der Waals surface area contributed by atoms with Gasteiger partial charge in [0.15, 0.2) is 0 Å². The van der Waals surface area contributed by atoms with Crippen molar-refractivity contribution in [2.75, 3.05) is 0 Å². The lowest BCUT2D eigenvalue weighted by molar-refractivity contribution is 0.250. The standard InChI is InChI=1S/C12H14O/c1-3-10-8-11-6-4-5-7-12(11)13-9(10)2/h4-9H,3H2,1-2H3/t9-/m0/s1. The molecule has 0 bridgehead atoms. The molecule has 13 heavy (non-hydrogen) atoms. The van der Waals surface area contributed by atoms with Gasteiger partial charge in [-0.05, 0) is 31.1 Å². The van der Waals surface area contributed by atoms with Gasteiger partial charge < -0.3 is 4.74 Å². The molecule has 0 fully saturated rings. The highest BCUT2D eigenvalue weighted by atomic mass is 16.5. The Balaban J connectivity index is 2.44. The van der Waals surface area contributed by atoms with Crippen molar-refractivity contribution in [1.82, 2.24) is 0 Å². The molecule has 1 heteroatoms. The van der Waals surface area contributed by atoms with Gasteiger partial charge in [-0.2, -0.15) is 0 Å². The molecule has 0 saturated heterocycles. The maximum atomic E-state index is 5.77. The average molecular weight is 174 g/mol. The molecule has 1 aliphatic rings. The van der Waals surface area contributed by atoms with Gasteiger partial charge in [0.05, 0.1) is 0 Å². The lowest BCUT2D eigenvalue weighted by Gasteiger charge is -2.23. The molecule has 0 saturated carbocycles. The molecule has 0 spiro atoms. The predicted molar refractivity (Wildman–Crippen MR) is 54.8 cm³/mol. The van der Waals surface area contributed by atoms with Crippen molar-refractivity contribution in [1.29, 1.82) is 0 Å². The Labute approximate surface area is 79.0 Å². The van der Waals surface area contributed by atoms with Crippen LogP contribution in [0.3, 0.4) is 0 Å². The summed E-state index contributed by atoms with van der Waals surface area (Å²) in [5.41, 5.74) is 2.58. The summed E-state index contributed by atoms with van der Waals surface area (Å²) in [6.07, 6.45) is 3.54. The second-order valence-corrected chi connectivity index (χ2v) is 3.37. The Hall–Kier alpha value is -1.24. The van der Waals surface area contributed by atoms with Crippen molar-refractivity contribution >= 4 is 6.08 Å². The minimum absolute atomic E-state index is 0.236. The number of benzene rings is 1. The number of fused-ring (bicyclic) bond motifs is 1. The molecule has 1 aromatic rings. The maximum Gasteiger partial charge on any atom is 0.127 e. The number of rotatable bonds is 1. The Kier molecular flexibility index (Phi) is 2.09. The fraction of sp³-hybridized carbons (Fsp3) is 0.333. The minimum atomic E-state index is 0.236. The highest BCUT2D eigenvalue weighted by Gasteiger charge is 2.16. The monoisotopic (exact) mass is 174 g/mol. The van der Waals surface area contributed by atoms with Crippen LogP contribution in [-0.2, 0) is 0 Å². The molecule has 0 aliphatic carbocycles. The molecule has 1 nitrogen and oxygen atoms in total. The quantitative estimate of drug-likeness (QED) is 0.635. The summed E-state index contributed by atoms with van der Waals surface area (Å²) in [7, 11) is 0. The van der Waals surface area contributed by atoms with E-state index in [0.29, 0.717) is 0 Å². The predicted octanol–water partition coefficient (Wildman–Crippen LogP) is 3.26. The number of hydrogen-bond acceptors (Lipinski definition) is 1. The summed E-state index contributed by atoms with van der Waals surface area (Å²) in [5, 5.41) is 0. The first kappa shape index (κ1) is 8.36. The van der Waals surface area contributed by atoms with Crippen LogP contribution >= 0.6 is 0 Å². The largest absolute Gasteiger partial charge is 0.486 e. The van der Waals surface area contributed by atoms with Crippen molar-refractivity contribution < 1.29 is 4.74 Å².